The maximum absolute atomic E-state index is 6.64. The van der Waals surface area contributed by atoms with Crippen LogP contribution in [0.3, 0.4) is 0 Å². The number of ether oxygens (including phenoxy) is 1. The lowest BCUT2D eigenvalue weighted by atomic mass is 9.98. The molecule has 0 fully saturated rings. The molecule has 0 saturated carbocycles. The fourth-order valence-corrected chi connectivity index (χ4v) is 13.4. The van der Waals surface area contributed by atoms with Gasteiger partial charge in [-0.15, -0.1) is 0 Å². The summed E-state index contributed by atoms with van der Waals surface area (Å²) in [4.78, 5) is 2.43. The maximum atomic E-state index is 6.64. The molecule has 0 saturated heterocycles. The van der Waals surface area contributed by atoms with E-state index in [1.165, 1.54) is 53.4 Å². The van der Waals surface area contributed by atoms with Gasteiger partial charge in [0, 0.05) is 16.8 Å². The molecule has 2 nitrogen and oxygen atoms in total. The van der Waals surface area contributed by atoms with E-state index in [2.05, 4.69) is 217 Å². The first-order chi connectivity index (χ1) is 26.3. The summed E-state index contributed by atoms with van der Waals surface area (Å²) in [6.45, 7) is 0. The Morgan fingerprint density at radius 3 is 1.66 bits per heavy atom. The summed E-state index contributed by atoms with van der Waals surface area (Å²) in [6, 6.07) is 77.2. The van der Waals surface area contributed by atoms with Crippen LogP contribution in [0.1, 0.15) is 0 Å². The molecule has 3 heteroatoms. The molecule has 1 aliphatic heterocycles. The first-order valence-corrected chi connectivity index (χ1v) is 20.2. The van der Waals surface area contributed by atoms with Crippen molar-refractivity contribution < 1.29 is 4.74 Å². The van der Waals surface area contributed by atoms with Crippen molar-refractivity contribution in [3.05, 3.63) is 212 Å². The zero-order chi connectivity index (χ0) is 35.2. The Morgan fingerprint density at radius 2 is 0.925 bits per heavy atom. The van der Waals surface area contributed by atoms with Gasteiger partial charge in [0.15, 0.2) is 8.07 Å². The minimum absolute atomic E-state index is 0.932. The van der Waals surface area contributed by atoms with Gasteiger partial charge < -0.3 is 9.64 Å². The first-order valence-electron chi connectivity index (χ1n) is 18.2. The van der Waals surface area contributed by atoms with E-state index in [-0.39, 0.29) is 0 Å². The molecule has 1 heterocycles. The fraction of sp³-hybridized carbons (Fsp3) is 0. The van der Waals surface area contributed by atoms with Gasteiger partial charge >= 0.3 is 0 Å². The Hall–Kier alpha value is -6.68. The van der Waals surface area contributed by atoms with Gasteiger partial charge in [0.2, 0.25) is 0 Å². The molecule has 0 unspecified atom stereocenters. The third-order valence-electron chi connectivity index (χ3n) is 10.8. The van der Waals surface area contributed by atoms with Gasteiger partial charge in [-0.25, -0.2) is 0 Å². The highest BCUT2D eigenvalue weighted by Gasteiger charge is 2.48. The molecule has 0 aliphatic carbocycles. The molecule has 53 heavy (non-hydrogen) atoms. The molecule has 1 aliphatic rings. The third kappa shape index (κ3) is 5.08. The van der Waals surface area contributed by atoms with Gasteiger partial charge in [-0.05, 0) is 90.5 Å². The van der Waals surface area contributed by atoms with Crippen LogP contribution in [0.5, 0.6) is 11.5 Å². The molecule has 0 bridgehead atoms. The van der Waals surface area contributed by atoms with Crippen molar-refractivity contribution in [3.63, 3.8) is 0 Å². The van der Waals surface area contributed by atoms with Crippen LogP contribution in [0.15, 0.2) is 212 Å². The molecular formula is C50H35NOSi. The van der Waals surface area contributed by atoms with Gasteiger partial charge in [-0.2, -0.15) is 0 Å². The average Bonchev–Trinajstić information content (AvgIpc) is 3.23. The van der Waals surface area contributed by atoms with Crippen LogP contribution >= 0.6 is 0 Å². The van der Waals surface area contributed by atoms with Crippen LogP contribution in [0.2, 0.25) is 0 Å². The van der Waals surface area contributed by atoms with E-state index in [9.17, 15) is 0 Å². The molecule has 9 aromatic rings. The van der Waals surface area contributed by atoms with E-state index in [0.29, 0.717) is 0 Å². The molecule has 0 radical (unpaired) electrons. The number of hydrogen-bond acceptors (Lipinski definition) is 2. The van der Waals surface area contributed by atoms with Gasteiger partial charge in [-0.1, -0.05) is 170 Å². The highest BCUT2D eigenvalue weighted by Crippen LogP contribution is 2.40. The van der Waals surface area contributed by atoms with E-state index in [4.69, 9.17) is 4.74 Å². The van der Waals surface area contributed by atoms with Gasteiger partial charge in [0.05, 0.1) is 5.69 Å². The number of anilines is 3. The molecule has 0 spiro atoms. The molecular weight excluding hydrogens is 659 g/mol. The van der Waals surface area contributed by atoms with Crippen LogP contribution < -0.4 is 30.4 Å². The van der Waals surface area contributed by atoms with Gasteiger partial charge in [-0.3, -0.25) is 0 Å². The molecule has 0 N–H and O–H groups in total. The second-order valence-electron chi connectivity index (χ2n) is 13.7. The highest BCUT2D eigenvalue weighted by atomic mass is 28.3. The predicted octanol–water partition coefficient (Wildman–Crippen LogP) is 10.6. The Bertz CT molecular complexity index is 2720. The smallest absolute Gasteiger partial charge is 0.188 e. The average molecular weight is 694 g/mol. The normalized spacial score (nSPS) is 12.8. The lowest BCUT2D eigenvalue weighted by molar-refractivity contribution is 0.487. The minimum atomic E-state index is -2.84. The summed E-state index contributed by atoms with van der Waals surface area (Å²) in [5.41, 5.74) is 5.79. The van der Waals surface area contributed by atoms with Crippen molar-refractivity contribution in [1.29, 1.82) is 0 Å². The Morgan fingerprint density at radius 1 is 0.377 bits per heavy atom. The third-order valence-corrected chi connectivity index (χ3v) is 15.6. The second kappa shape index (κ2) is 12.8. The number of fused-ring (bicyclic) bond motifs is 4. The van der Waals surface area contributed by atoms with E-state index >= 15 is 0 Å². The maximum Gasteiger partial charge on any atom is 0.188 e. The van der Waals surface area contributed by atoms with E-state index in [1.54, 1.807) is 0 Å². The number of rotatable bonds is 6. The lowest BCUT2D eigenvalue weighted by Gasteiger charge is -2.40. The Balaban J connectivity index is 1.21. The van der Waals surface area contributed by atoms with Crippen molar-refractivity contribution in [2.75, 3.05) is 4.90 Å². The molecule has 0 atom stereocenters. The standard InChI is InChI=1S/C50H35NOSi/c1-2-20-41(21-3-1)53(49-29-10-8-27-47(49)52-48-28-9-11-30-50(48)53)42-22-14-19-40(35-42)51(46-26-13-18-37-16-5-7-24-45(37)46)39-33-31-38(32-34-39)44-25-12-17-36-15-4-6-23-43(36)44/h1-35H. The van der Waals surface area contributed by atoms with E-state index in [1.807, 2.05) is 0 Å². The minimum Gasteiger partial charge on any atom is -0.458 e. The van der Waals surface area contributed by atoms with E-state index in [0.717, 1.165) is 28.6 Å². The zero-order valence-electron chi connectivity index (χ0n) is 29.1. The summed E-state index contributed by atoms with van der Waals surface area (Å²) in [6.07, 6.45) is 0. The van der Waals surface area contributed by atoms with Crippen molar-refractivity contribution in [1.82, 2.24) is 0 Å². The molecule has 9 aromatic carbocycles. The van der Waals surface area contributed by atoms with Crippen molar-refractivity contribution in [3.8, 4) is 22.6 Å². The lowest BCUT2D eigenvalue weighted by Crippen LogP contribution is -2.76. The number of nitrogens with zero attached hydrogens (tertiary/aromatic N) is 1. The molecule has 10 rings (SSSR count). The van der Waals surface area contributed by atoms with Gasteiger partial charge in [0.25, 0.3) is 0 Å². The summed E-state index contributed by atoms with van der Waals surface area (Å²) in [5, 5.41) is 10.1. The monoisotopic (exact) mass is 693 g/mol. The van der Waals surface area contributed by atoms with Crippen LogP contribution in [0.25, 0.3) is 32.7 Å². The van der Waals surface area contributed by atoms with Crippen molar-refractivity contribution in [2.45, 2.75) is 0 Å². The molecule has 0 aromatic heterocycles. The van der Waals surface area contributed by atoms with Crippen LogP contribution in [0, 0.1) is 0 Å². The van der Waals surface area contributed by atoms with E-state index < -0.39 is 8.07 Å². The summed E-state index contributed by atoms with van der Waals surface area (Å²) >= 11 is 0. The van der Waals surface area contributed by atoms with Gasteiger partial charge in [0.1, 0.15) is 11.5 Å². The zero-order valence-corrected chi connectivity index (χ0v) is 30.1. The number of benzene rings is 9. The quantitative estimate of drug-likeness (QED) is 0.161. The Kier molecular flexibility index (Phi) is 7.52. The highest BCUT2D eigenvalue weighted by molar-refractivity contribution is 7.20. The summed E-state index contributed by atoms with van der Waals surface area (Å²) < 4.78 is 6.64. The number of hydrogen-bond donors (Lipinski definition) is 0. The van der Waals surface area contributed by atoms with Crippen molar-refractivity contribution in [2.24, 2.45) is 0 Å². The van der Waals surface area contributed by atoms with Crippen molar-refractivity contribution >= 4 is 67.4 Å². The predicted molar refractivity (Wildman–Crippen MR) is 225 cm³/mol. The second-order valence-corrected chi connectivity index (χ2v) is 17.4. The molecule has 250 valence electrons. The van der Waals surface area contributed by atoms with Crippen LogP contribution in [0.4, 0.5) is 17.1 Å². The summed E-state index contributed by atoms with van der Waals surface area (Å²) in [7, 11) is -2.84. The van der Waals surface area contributed by atoms with Crippen LogP contribution in [-0.2, 0) is 0 Å². The largest absolute Gasteiger partial charge is 0.458 e. The fourth-order valence-electron chi connectivity index (χ4n) is 8.45. The Labute approximate surface area is 310 Å². The molecule has 0 amide bonds. The number of para-hydroxylation sites is 2. The van der Waals surface area contributed by atoms with Crippen LogP contribution in [-0.4, -0.2) is 8.07 Å². The first kappa shape index (κ1) is 31.1. The topological polar surface area (TPSA) is 12.5 Å². The SMILES string of the molecule is c1ccc([Si]2(c3cccc(N(c4ccc(-c5cccc6ccccc56)cc4)c4cccc5ccccc45)c3)c3ccccc3Oc3ccccc32)cc1. The summed E-state index contributed by atoms with van der Waals surface area (Å²) in [5.74, 6) is 1.86.